The normalized spacial score (nSPS) is 10.6. The molecule has 4 rings (SSSR count). The van der Waals surface area contributed by atoms with E-state index in [1.165, 1.54) is 18.1 Å². The van der Waals surface area contributed by atoms with Crippen molar-refractivity contribution < 1.29 is 9.53 Å². The SMILES string of the molecule is COc1cc(NC(=O)Nc2cccc(-c3cn(C)nn3)c2)ccc1-n1cnnn1. The van der Waals surface area contributed by atoms with E-state index in [-0.39, 0.29) is 0 Å². The van der Waals surface area contributed by atoms with E-state index in [9.17, 15) is 4.79 Å². The fourth-order valence-corrected chi connectivity index (χ4v) is 2.75. The highest BCUT2D eigenvalue weighted by Gasteiger charge is 2.10. The first-order valence-corrected chi connectivity index (χ1v) is 8.58. The number of urea groups is 1. The fraction of sp³-hybridized carbons (Fsp3) is 0.111. The molecule has 0 unspecified atom stereocenters. The molecule has 0 aliphatic rings. The molecule has 0 saturated heterocycles. The largest absolute Gasteiger partial charge is 0.494 e. The Kier molecular flexibility index (Phi) is 4.84. The van der Waals surface area contributed by atoms with Crippen LogP contribution in [0.2, 0.25) is 0 Å². The number of aryl methyl sites for hydroxylation is 1. The molecule has 146 valence electrons. The topological polar surface area (TPSA) is 125 Å². The van der Waals surface area contributed by atoms with E-state index >= 15 is 0 Å². The third-order valence-electron chi connectivity index (χ3n) is 4.05. The van der Waals surface area contributed by atoms with Crippen LogP contribution in [0.1, 0.15) is 0 Å². The zero-order chi connectivity index (χ0) is 20.2. The van der Waals surface area contributed by atoms with Crippen LogP contribution in [-0.2, 0) is 7.05 Å². The number of anilines is 2. The molecule has 4 aromatic rings. The number of hydrogen-bond donors (Lipinski definition) is 2. The maximum atomic E-state index is 12.4. The molecule has 11 nitrogen and oxygen atoms in total. The maximum Gasteiger partial charge on any atom is 0.323 e. The third-order valence-corrected chi connectivity index (χ3v) is 4.05. The Hall–Kier alpha value is -4.28. The summed E-state index contributed by atoms with van der Waals surface area (Å²) in [6, 6.07) is 12.1. The van der Waals surface area contributed by atoms with Gasteiger partial charge in [0.15, 0.2) is 0 Å². The number of carbonyl (C=O) groups excluding carboxylic acids is 1. The number of tetrazole rings is 1. The second-order valence-electron chi connectivity index (χ2n) is 6.08. The molecule has 2 aromatic heterocycles. The first kappa shape index (κ1) is 18.1. The van der Waals surface area contributed by atoms with Crippen LogP contribution in [-0.4, -0.2) is 48.3 Å². The molecule has 0 spiro atoms. The van der Waals surface area contributed by atoms with Crippen LogP contribution < -0.4 is 15.4 Å². The molecule has 2 heterocycles. The average molecular weight is 391 g/mol. The summed E-state index contributed by atoms with van der Waals surface area (Å²) >= 11 is 0. The quantitative estimate of drug-likeness (QED) is 0.534. The summed E-state index contributed by atoms with van der Waals surface area (Å²) in [4.78, 5) is 12.4. The first-order chi connectivity index (χ1) is 14.1. The number of methoxy groups -OCH3 is 1. The molecule has 2 amide bonds. The second kappa shape index (κ2) is 7.76. The van der Waals surface area contributed by atoms with E-state index in [1.54, 1.807) is 42.2 Å². The van der Waals surface area contributed by atoms with Crippen LogP contribution in [0.25, 0.3) is 16.9 Å². The Labute approximate surface area is 165 Å². The highest BCUT2D eigenvalue weighted by Crippen LogP contribution is 2.26. The molecule has 0 radical (unpaired) electrons. The molecule has 0 aliphatic heterocycles. The Balaban J connectivity index is 1.47. The zero-order valence-corrected chi connectivity index (χ0v) is 15.6. The molecule has 29 heavy (non-hydrogen) atoms. The molecule has 11 heteroatoms. The summed E-state index contributed by atoms with van der Waals surface area (Å²) in [6.45, 7) is 0. The van der Waals surface area contributed by atoms with Crippen LogP contribution in [0.4, 0.5) is 16.2 Å². The summed E-state index contributed by atoms with van der Waals surface area (Å²) < 4.78 is 8.47. The molecular weight excluding hydrogens is 374 g/mol. The standard InChI is InChI=1S/C18H17N9O2/c1-26-10-15(22-24-26)12-4-3-5-13(8-12)20-18(28)21-14-6-7-16(17(9-14)29-2)27-11-19-23-25-27/h3-11H,1-2H3,(H2,20,21,28). The van der Waals surface area contributed by atoms with Crippen molar-refractivity contribution >= 4 is 17.4 Å². The molecule has 2 N–H and O–H groups in total. The van der Waals surface area contributed by atoms with Gasteiger partial charge in [-0.05, 0) is 34.7 Å². The van der Waals surface area contributed by atoms with Gasteiger partial charge in [-0.3, -0.25) is 4.68 Å². The Morgan fingerprint density at radius 2 is 1.90 bits per heavy atom. The van der Waals surface area contributed by atoms with Crippen molar-refractivity contribution in [1.82, 2.24) is 35.2 Å². The lowest BCUT2D eigenvalue weighted by Gasteiger charge is -2.12. The number of amides is 2. The predicted molar refractivity (Wildman–Crippen MR) is 105 cm³/mol. The number of ether oxygens (including phenoxy) is 1. The van der Waals surface area contributed by atoms with Gasteiger partial charge < -0.3 is 15.4 Å². The Bertz CT molecular complexity index is 1140. The lowest BCUT2D eigenvalue weighted by atomic mass is 10.1. The molecule has 0 aliphatic carbocycles. The molecule has 0 atom stereocenters. The van der Waals surface area contributed by atoms with Crippen molar-refractivity contribution in [2.45, 2.75) is 0 Å². The van der Waals surface area contributed by atoms with Gasteiger partial charge in [-0.15, -0.1) is 10.2 Å². The van der Waals surface area contributed by atoms with Crippen molar-refractivity contribution in [3.63, 3.8) is 0 Å². The fourth-order valence-electron chi connectivity index (χ4n) is 2.75. The Morgan fingerprint density at radius 3 is 2.59 bits per heavy atom. The number of carbonyl (C=O) groups is 1. The smallest absolute Gasteiger partial charge is 0.323 e. The number of nitrogens with zero attached hydrogens (tertiary/aromatic N) is 7. The van der Waals surface area contributed by atoms with Crippen LogP contribution >= 0.6 is 0 Å². The van der Waals surface area contributed by atoms with Crippen molar-refractivity contribution in [2.24, 2.45) is 7.05 Å². The highest BCUT2D eigenvalue weighted by molar-refractivity contribution is 6.00. The van der Waals surface area contributed by atoms with Gasteiger partial charge in [-0.1, -0.05) is 17.3 Å². The predicted octanol–water partition coefficient (Wildman–Crippen LogP) is 2.11. The summed E-state index contributed by atoms with van der Waals surface area (Å²) in [5.74, 6) is 0.514. The molecular formula is C18H17N9O2. The van der Waals surface area contributed by atoms with Crippen molar-refractivity contribution in [1.29, 1.82) is 0 Å². The van der Waals surface area contributed by atoms with Crippen LogP contribution in [0.5, 0.6) is 5.75 Å². The van der Waals surface area contributed by atoms with Crippen molar-refractivity contribution in [3.8, 4) is 22.7 Å². The first-order valence-electron chi connectivity index (χ1n) is 8.58. The van der Waals surface area contributed by atoms with Crippen LogP contribution in [0.3, 0.4) is 0 Å². The summed E-state index contributed by atoms with van der Waals surface area (Å²) in [6.07, 6.45) is 3.26. The number of rotatable bonds is 5. The zero-order valence-electron chi connectivity index (χ0n) is 15.6. The number of hydrogen-bond acceptors (Lipinski definition) is 7. The minimum absolute atomic E-state index is 0.390. The van der Waals surface area contributed by atoms with E-state index in [2.05, 4.69) is 36.5 Å². The van der Waals surface area contributed by atoms with Gasteiger partial charge in [-0.25, -0.2) is 4.79 Å². The van der Waals surface area contributed by atoms with Gasteiger partial charge in [0.25, 0.3) is 0 Å². The third kappa shape index (κ3) is 4.03. The van der Waals surface area contributed by atoms with Gasteiger partial charge in [0, 0.05) is 30.1 Å². The summed E-state index contributed by atoms with van der Waals surface area (Å²) in [7, 11) is 3.33. The number of nitrogens with one attached hydrogen (secondary N) is 2. The summed E-state index contributed by atoms with van der Waals surface area (Å²) in [5, 5.41) is 24.6. The van der Waals surface area contributed by atoms with E-state index < -0.39 is 6.03 Å². The van der Waals surface area contributed by atoms with Gasteiger partial charge in [0.2, 0.25) is 0 Å². The molecule has 0 saturated carbocycles. The van der Waals surface area contributed by atoms with Crippen LogP contribution in [0, 0.1) is 0 Å². The van der Waals surface area contributed by atoms with Gasteiger partial charge in [0.05, 0.1) is 13.3 Å². The number of aromatic nitrogens is 7. The van der Waals surface area contributed by atoms with Gasteiger partial charge in [-0.2, -0.15) is 4.68 Å². The van der Waals surface area contributed by atoms with E-state index in [4.69, 9.17) is 4.74 Å². The lowest BCUT2D eigenvalue weighted by molar-refractivity contribution is 0.262. The van der Waals surface area contributed by atoms with Gasteiger partial charge >= 0.3 is 6.03 Å². The average Bonchev–Trinajstić information content (AvgIpc) is 3.40. The monoisotopic (exact) mass is 391 g/mol. The van der Waals surface area contributed by atoms with E-state index in [1.807, 2.05) is 18.2 Å². The maximum absolute atomic E-state index is 12.4. The molecule has 0 fully saturated rings. The second-order valence-corrected chi connectivity index (χ2v) is 6.08. The van der Waals surface area contributed by atoms with Crippen molar-refractivity contribution in [2.75, 3.05) is 17.7 Å². The lowest BCUT2D eigenvalue weighted by Crippen LogP contribution is -2.19. The minimum Gasteiger partial charge on any atom is -0.494 e. The summed E-state index contributed by atoms with van der Waals surface area (Å²) in [5.41, 5.74) is 3.41. The molecule has 2 aromatic carbocycles. The minimum atomic E-state index is -0.390. The number of benzene rings is 2. The van der Waals surface area contributed by atoms with Crippen molar-refractivity contribution in [3.05, 3.63) is 55.0 Å². The Morgan fingerprint density at radius 1 is 1.07 bits per heavy atom. The molecule has 0 bridgehead atoms. The van der Waals surface area contributed by atoms with Crippen LogP contribution in [0.15, 0.2) is 55.0 Å². The van der Waals surface area contributed by atoms with E-state index in [0.29, 0.717) is 22.8 Å². The van der Waals surface area contributed by atoms with E-state index in [0.717, 1.165) is 11.3 Å². The van der Waals surface area contributed by atoms with Gasteiger partial charge in [0.1, 0.15) is 23.5 Å². The highest BCUT2D eigenvalue weighted by atomic mass is 16.5.